The molecule has 3 heterocycles. The van der Waals surface area contributed by atoms with Gasteiger partial charge < -0.3 is 9.30 Å². The van der Waals surface area contributed by atoms with Crippen molar-refractivity contribution in [1.82, 2.24) is 9.55 Å². The molecule has 0 spiro atoms. The molecule has 0 bridgehead atoms. The van der Waals surface area contributed by atoms with Crippen molar-refractivity contribution in [2.75, 3.05) is 0 Å². The zero-order chi connectivity index (χ0) is 17.5. The molecule has 1 unspecified atom stereocenters. The van der Waals surface area contributed by atoms with Gasteiger partial charge in [0.1, 0.15) is 11.9 Å². The lowest BCUT2D eigenvalue weighted by atomic mass is 10.0. The second kappa shape index (κ2) is 5.85. The first-order chi connectivity index (χ1) is 12.8. The number of pyridine rings is 2. The van der Waals surface area contributed by atoms with Crippen LogP contribution in [0, 0.1) is 0 Å². The number of fused-ring (bicyclic) bond motifs is 2. The Hall–Kier alpha value is -3.40. The van der Waals surface area contributed by atoms with Gasteiger partial charge in [-0.2, -0.15) is 0 Å². The second-order valence-corrected chi connectivity index (χ2v) is 6.39. The number of para-hydroxylation sites is 3. The van der Waals surface area contributed by atoms with Gasteiger partial charge in [-0.3, -0.25) is 9.78 Å². The Morgan fingerprint density at radius 3 is 2.73 bits per heavy atom. The third-order valence-electron chi connectivity index (χ3n) is 4.81. The summed E-state index contributed by atoms with van der Waals surface area (Å²) in [6.07, 6.45) is 4.04. The average Bonchev–Trinajstić information content (AvgIpc) is 2.82. The summed E-state index contributed by atoms with van der Waals surface area (Å²) in [5.41, 5.74) is 3.83. The normalized spacial score (nSPS) is 15.2. The van der Waals surface area contributed by atoms with E-state index in [1.54, 1.807) is 12.3 Å². The number of aromatic nitrogens is 2. The van der Waals surface area contributed by atoms with Crippen LogP contribution in [0.3, 0.4) is 0 Å². The van der Waals surface area contributed by atoms with E-state index in [4.69, 9.17) is 4.74 Å². The Morgan fingerprint density at radius 1 is 0.962 bits per heavy atom. The lowest BCUT2D eigenvalue weighted by molar-refractivity contribution is 0.208. The molecule has 0 radical (unpaired) electrons. The summed E-state index contributed by atoms with van der Waals surface area (Å²) in [7, 11) is 0. The molecule has 4 aromatic rings. The molecule has 5 rings (SSSR count). The SMILES string of the molecule is O=c1ccn2c3c(cccc13)C(Cc1ccccn1)Oc1ccccc1-2. The van der Waals surface area contributed by atoms with Crippen molar-refractivity contribution < 1.29 is 4.74 Å². The molecular formula is C22H16N2O2. The van der Waals surface area contributed by atoms with E-state index >= 15 is 0 Å². The first-order valence-electron chi connectivity index (χ1n) is 8.61. The van der Waals surface area contributed by atoms with Crippen molar-refractivity contribution in [1.29, 1.82) is 0 Å². The highest BCUT2D eigenvalue weighted by atomic mass is 16.5. The van der Waals surface area contributed by atoms with Crippen LogP contribution < -0.4 is 10.2 Å². The molecule has 0 aliphatic carbocycles. The van der Waals surface area contributed by atoms with Gasteiger partial charge >= 0.3 is 0 Å². The van der Waals surface area contributed by atoms with E-state index in [1.165, 1.54) is 0 Å². The van der Waals surface area contributed by atoms with Gasteiger partial charge in [-0.25, -0.2) is 0 Å². The quantitative estimate of drug-likeness (QED) is 0.553. The van der Waals surface area contributed by atoms with Crippen molar-refractivity contribution in [3.8, 4) is 11.4 Å². The third-order valence-corrected chi connectivity index (χ3v) is 4.81. The van der Waals surface area contributed by atoms with Crippen LogP contribution in [-0.4, -0.2) is 9.55 Å². The number of ether oxygens (including phenoxy) is 1. The molecule has 0 fully saturated rings. The maximum absolute atomic E-state index is 12.4. The zero-order valence-electron chi connectivity index (χ0n) is 14.0. The van der Waals surface area contributed by atoms with Crippen LogP contribution in [0.1, 0.15) is 17.4 Å². The largest absolute Gasteiger partial charge is 0.483 e. The van der Waals surface area contributed by atoms with Gasteiger partial charge in [0.15, 0.2) is 5.43 Å². The van der Waals surface area contributed by atoms with Crippen LogP contribution in [0.5, 0.6) is 5.75 Å². The minimum absolute atomic E-state index is 0.0223. The molecule has 4 nitrogen and oxygen atoms in total. The third kappa shape index (κ3) is 2.30. The van der Waals surface area contributed by atoms with E-state index in [0.29, 0.717) is 11.8 Å². The summed E-state index contributed by atoms with van der Waals surface area (Å²) in [5.74, 6) is 0.801. The molecule has 0 saturated heterocycles. The lowest BCUT2D eigenvalue weighted by Crippen LogP contribution is -2.13. The van der Waals surface area contributed by atoms with E-state index in [9.17, 15) is 4.79 Å². The smallest absolute Gasteiger partial charge is 0.189 e. The molecule has 1 aliphatic heterocycles. The summed E-state index contributed by atoms with van der Waals surface area (Å²) in [4.78, 5) is 16.9. The topological polar surface area (TPSA) is 44.1 Å². The van der Waals surface area contributed by atoms with E-state index in [-0.39, 0.29) is 11.5 Å². The number of hydrogen-bond donors (Lipinski definition) is 0. The molecular weight excluding hydrogens is 324 g/mol. The molecule has 0 saturated carbocycles. The van der Waals surface area contributed by atoms with Gasteiger partial charge in [0.25, 0.3) is 0 Å². The van der Waals surface area contributed by atoms with Crippen LogP contribution in [0.4, 0.5) is 0 Å². The van der Waals surface area contributed by atoms with Crippen LogP contribution in [0.2, 0.25) is 0 Å². The van der Waals surface area contributed by atoms with Crippen LogP contribution >= 0.6 is 0 Å². The van der Waals surface area contributed by atoms with Gasteiger partial charge in [0, 0.05) is 41.5 Å². The summed E-state index contributed by atoms with van der Waals surface area (Å²) < 4.78 is 8.47. The Morgan fingerprint density at radius 2 is 1.85 bits per heavy atom. The molecule has 0 N–H and O–H groups in total. The Kier molecular flexibility index (Phi) is 3.35. The van der Waals surface area contributed by atoms with Crippen LogP contribution in [-0.2, 0) is 6.42 Å². The number of nitrogens with zero attached hydrogens (tertiary/aromatic N) is 2. The van der Waals surface area contributed by atoms with Crippen molar-refractivity contribution in [2.24, 2.45) is 0 Å². The van der Waals surface area contributed by atoms with Gasteiger partial charge in [-0.1, -0.05) is 30.3 Å². The highest BCUT2D eigenvalue weighted by Crippen LogP contribution is 2.37. The van der Waals surface area contributed by atoms with Crippen molar-refractivity contribution in [2.45, 2.75) is 12.5 Å². The monoisotopic (exact) mass is 340 g/mol. The van der Waals surface area contributed by atoms with Crippen LogP contribution in [0.15, 0.2) is 83.9 Å². The Labute approximate surface area is 150 Å². The average molecular weight is 340 g/mol. The predicted molar refractivity (Wildman–Crippen MR) is 101 cm³/mol. The van der Waals surface area contributed by atoms with Gasteiger partial charge in [0.2, 0.25) is 0 Å². The standard InChI is InChI=1S/C22H16N2O2/c25-19-11-13-24-18-9-1-2-10-20(18)26-21(14-15-6-3-4-12-23-15)17-8-5-7-16(19)22(17)24/h1-13,21H,14H2. The molecule has 126 valence electrons. The molecule has 0 amide bonds. The second-order valence-electron chi connectivity index (χ2n) is 6.39. The maximum Gasteiger partial charge on any atom is 0.189 e. The Balaban J connectivity index is 1.80. The summed E-state index contributed by atoms with van der Waals surface area (Å²) in [5, 5.41) is 0.705. The van der Waals surface area contributed by atoms with Gasteiger partial charge in [-0.05, 0) is 30.3 Å². The van der Waals surface area contributed by atoms with E-state index in [0.717, 1.165) is 28.2 Å². The number of rotatable bonds is 2. The minimum Gasteiger partial charge on any atom is -0.483 e. The van der Waals surface area contributed by atoms with Crippen molar-refractivity contribution >= 4 is 10.9 Å². The van der Waals surface area contributed by atoms with Gasteiger partial charge in [0.05, 0.1) is 11.2 Å². The fourth-order valence-electron chi connectivity index (χ4n) is 3.63. The molecule has 1 atom stereocenters. The molecule has 2 aromatic carbocycles. The highest BCUT2D eigenvalue weighted by molar-refractivity contribution is 5.85. The van der Waals surface area contributed by atoms with E-state index in [1.807, 2.05) is 66.9 Å². The van der Waals surface area contributed by atoms with Gasteiger partial charge in [-0.15, -0.1) is 0 Å². The Bertz CT molecular complexity index is 1170. The molecule has 2 aromatic heterocycles. The summed E-state index contributed by atoms with van der Waals surface area (Å²) >= 11 is 0. The molecule has 4 heteroatoms. The fraction of sp³-hybridized carbons (Fsp3) is 0.0909. The molecule has 26 heavy (non-hydrogen) atoms. The maximum atomic E-state index is 12.4. The van der Waals surface area contributed by atoms with Crippen molar-refractivity contribution in [3.63, 3.8) is 0 Å². The minimum atomic E-state index is -0.217. The lowest BCUT2D eigenvalue weighted by Gasteiger charge is -2.18. The number of benzene rings is 2. The van der Waals surface area contributed by atoms with Crippen molar-refractivity contribution in [3.05, 3.63) is 101 Å². The summed E-state index contributed by atoms with van der Waals surface area (Å²) in [6.45, 7) is 0. The molecule has 1 aliphatic rings. The van der Waals surface area contributed by atoms with Crippen LogP contribution in [0.25, 0.3) is 16.6 Å². The van der Waals surface area contributed by atoms with E-state index < -0.39 is 0 Å². The summed E-state index contributed by atoms with van der Waals surface area (Å²) in [6, 6.07) is 21.3. The first kappa shape index (κ1) is 14.9. The highest BCUT2D eigenvalue weighted by Gasteiger charge is 2.25. The van der Waals surface area contributed by atoms with E-state index in [2.05, 4.69) is 9.55 Å². The fourth-order valence-corrected chi connectivity index (χ4v) is 3.63. The zero-order valence-corrected chi connectivity index (χ0v) is 14.0. The predicted octanol–water partition coefficient (Wildman–Crippen LogP) is 4.06. The first-order valence-corrected chi connectivity index (χ1v) is 8.61. The number of hydrogen-bond acceptors (Lipinski definition) is 3.